The Bertz CT molecular complexity index is 1120. The molecule has 2 aromatic carbocycles. The van der Waals surface area contributed by atoms with Crippen molar-refractivity contribution in [3.05, 3.63) is 71.7 Å². The number of hydrogen-bond donors (Lipinski definition) is 1. The maximum absolute atomic E-state index is 11.8. The van der Waals surface area contributed by atoms with Crippen molar-refractivity contribution >= 4 is 23.1 Å². The van der Waals surface area contributed by atoms with Crippen LogP contribution in [0.3, 0.4) is 0 Å². The van der Waals surface area contributed by atoms with Crippen molar-refractivity contribution in [2.24, 2.45) is 0 Å². The fourth-order valence-electron chi connectivity index (χ4n) is 2.84. The molecule has 0 fully saturated rings. The highest BCUT2D eigenvalue weighted by atomic mass is 32.1. The molecule has 0 unspecified atom stereocenters. The number of esters is 1. The Morgan fingerprint density at radius 3 is 2.61 bits per heavy atom. The molecule has 6 nitrogen and oxygen atoms in total. The van der Waals surface area contributed by atoms with Gasteiger partial charge in [0.2, 0.25) is 5.13 Å². The van der Waals surface area contributed by atoms with Crippen molar-refractivity contribution in [2.75, 3.05) is 12.3 Å². The van der Waals surface area contributed by atoms with Crippen molar-refractivity contribution in [1.29, 1.82) is 0 Å². The summed E-state index contributed by atoms with van der Waals surface area (Å²) in [6.45, 7) is 2.06. The van der Waals surface area contributed by atoms with Crippen molar-refractivity contribution in [3.63, 3.8) is 0 Å². The zero-order valence-electron chi connectivity index (χ0n) is 15.2. The number of hydrogen-bond acceptors (Lipinski definition) is 6. The molecular weight excluding hydrogens is 372 g/mol. The second-order valence-electron chi connectivity index (χ2n) is 6.05. The third-order valence-corrected chi connectivity index (χ3v) is 4.98. The lowest BCUT2D eigenvalue weighted by Crippen LogP contribution is -2.06. The molecule has 0 aliphatic heterocycles. The SMILES string of the molecule is CCOC(=O)c1csc(-n2nc(-c3cccc(-c4ccccc4)c3)cc2N)n1. The van der Waals surface area contributed by atoms with Gasteiger partial charge in [-0.05, 0) is 24.1 Å². The second kappa shape index (κ2) is 7.66. The molecule has 4 aromatic rings. The maximum Gasteiger partial charge on any atom is 0.357 e. The van der Waals surface area contributed by atoms with Gasteiger partial charge in [-0.3, -0.25) is 0 Å². The Morgan fingerprint density at radius 1 is 1.07 bits per heavy atom. The number of thiazole rings is 1. The predicted octanol–water partition coefficient (Wildman–Crippen LogP) is 4.42. The molecule has 7 heteroatoms. The number of nitrogens with two attached hydrogens (primary N) is 1. The molecule has 28 heavy (non-hydrogen) atoms. The van der Waals surface area contributed by atoms with Gasteiger partial charge in [-0.1, -0.05) is 48.5 Å². The summed E-state index contributed by atoms with van der Waals surface area (Å²) in [5.74, 6) is -0.00335. The third-order valence-electron chi connectivity index (χ3n) is 4.16. The van der Waals surface area contributed by atoms with Crippen LogP contribution in [-0.2, 0) is 4.74 Å². The van der Waals surface area contributed by atoms with Crippen molar-refractivity contribution in [1.82, 2.24) is 14.8 Å². The number of nitrogen functional groups attached to an aromatic ring is 1. The topological polar surface area (TPSA) is 83.0 Å². The minimum absolute atomic E-state index is 0.254. The predicted molar refractivity (Wildman–Crippen MR) is 110 cm³/mol. The first-order valence-corrected chi connectivity index (χ1v) is 9.68. The van der Waals surface area contributed by atoms with Gasteiger partial charge >= 0.3 is 5.97 Å². The first-order chi connectivity index (χ1) is 13.7. The average Bonchev–Trinajstić information content (AvgIpc) is 3.36. The van der Waals surface area contributed by atoms with Crippen LogP contribution in [0.25, 0.3) is 27.5 Å². The van der Waals surface area contributed by atoms with E-state index in [0.717, 1.165) is 22.4 Å². The fourth-order valence-corrected chi connectivity index (χ4v) is 3.60. The van der Waals surface area contributed by atoms with E-state index in [1.165, 1.54) is 16.0 Å². The quantitative estimate of drug-likeness (QED) is 0.510. The van der Waals surface area contributed by atoms with E-state index in [0.29, 0.717) is 17.6 Å². The molecule has 0 spiro atoms. The number of benzene rings is 2. The van der Waals surface area contributed by atoms with Gasteiger partial charge in [0.25, 0.3) is 0 Å². The molecule has 140 valence electrons. The van der Waals surface area contributed by atoms with Crippen molar-refractivity contribution < 1.29 is 9.53 Å². The molecule has 0 amide bonds. The van der Waals surface area contributed by atoms with Gasteiger partial charge in [-0.25, -0.2) is 9.78 Å². The zero-order valence-corrected chi connectivity index (χ0v) is 16.0. The maximum atomic E-state index is 11.8. The monoisotopic (exact) mass is 390 g/mol. The Labute approximate surface area is 166 Å². The summed E-state index contributed by atoms with van der Waals surface area (Å²) < 4.78 is 6.52. The van der Waals surface area contributed by atoms with E-state index in [2.05, 4.69) is 34.3 Å². The summed E-state index contributed by atoms with van der Waals surface area (Å²) in [5.41, 5.74) is 10.3. The lowest BCUT2D eigenvalue weighted by Gasteiger charge is -2.03. The van der Waals surface area contributed by atoms with E-state index in [-0.39, 0.29) is 5.69 Å². The number of aromatic nitrogens is 3. The van der Waals surface area contributed by atoms with E-state index < -0.39 is 5.97 Å². The van der Waals surface area contributed by atoms with Crippen LogP contribution in [0.15, 0.2) is 66.0 Å². The molecule has 0 aliphatic rings. The van der Waals surface area contributed by atoms with E-state index in [9.17, 15) is 4.79 Å². The lowest BCUT2D eigenvalue weighted by molar-refractivity contribution is 0.0520. The largest absolute Gasteiger partial charge is 0.461 e. The molecule has 0 saturated carbocycles. The molecule has 4 rings (SSSR count). The van der Waals surface area contributed by atoms with Crippen LogP contribution in [0.1, 0.15) is 17.4 Å². The first-order valence-electron chi connectivity index (χ1n) is 8.80. The highest BCUT2D eigenvalue weighted by Gasteiger charge is 2.16. The minimum atomic E-state index is -0.452. The van der Waals surface area contributed by atoms with Crippen LogP contribution in [0.4, 0.5) is 5.82 Å². The molecular formula is C21H18N4O2S. The molecule has 2 N–H and O–H groups in total. The number of carbonyl (C=O) groups is 1. The molecule has 0 atom stereocenters. The highest BCUT2D eigenvalue weighted by Crippen LogP contribution is 2.28. The van der Waals surface area contributed by atoms with Crippen LogP contribution in [0, 0.1) is 0 Å². The van der Waals surface area contributed by atoms with Crippen molar-refractivity contribution in [2.45, 2.75) is 6.92 Å². The Kier molecular flexibility index (Phi) is 4.90. The van der Waals surface area contributed by atoms with Crippen molar-refractivity contribution in [3.8, 4) is 27.5 Å². The molecule has 0 saturated heterocycles. The van der Waals surface area contributed by atoms with E-state index in [1.807, 2.05) is 30.3 Å². The summed E-state index contributed by atoms with van der Waals surface area (Å²) in [7, 11) is 0. The summed E-state index contributed by atoms with van der Waals surface area (Å²) in [6, 6.07) is 20.1. The second-order valence-corrected chi connectivity index (χ2v) is 6.89. The Hall–Kier alpha value is -3.45. The number of nitrogens with zero attached hydrogens (tertiary/aromatic N) is 3. The number of carbonyl (C=O) groups excluding carboxylic acids is 1. The minimum Gasteiger partial charge on any atom is -0.461 e. The third kappa shape index (κ3) is 3.52. The number of ether oxygens (including phenoxy) is 1. The molecule has 2 heterocycles. The van der Waals surface area contributed by atoms with Crippen LogP contribution >= 0.6 is 11.3 Å². The Balaban J connectivity index is 1.66. The van der Waals surface area contributed by atoms with Gasteiger partial charge in [0, 0.05) is 17.0 Å². The standard InChI is InChI=1S/C21H18N4O2S/c1-2-27-20(26)18-13-28-21(23-18)25-19(22)12-17(24-25)16-10-6-9-15(11-16)14-7-4-3-5-8-14/h3-13H,2,22H2,1H3. The summed E-state index contributed by atoms with van der Waals surface area (Å²) >= 11 is 1.29. The van der Waals surface area contributed by atoms with E-state index >= 15 is 0 Å². The van der Waals surface area contributed by atoms with Crippen LogP contribution in [0.2, 0.25) is 0 Å². The lowest BCUT2D eigenvalue weighted by atomic mass is 10.0. The van der Waals surface area contributed by atoms with Gasteiger partial charge < -0.3 is 10.5 Å². The molecule has 2 aromatic heterocycles. The van der Waals surface area contributed by atoms with Crippen LogP contribution in [0.5, 0.6) is 0 Å². The summed E-state index contributed by atoms with van der Waals surface area (Å²) in [4.78, 5) is 16.1. The normalized spacial score (nSPS) is 10.8. The van der Waals surface area contributed by atoms with Crippen LogP contribution in [-0.4, -0.2) is 27.3 Å². The highest BCUT2D eigenvalue weighted by molar-refractivity contribution is 7.12. The van der Waals surface area contributed by atoms with Gasteiger partial charge in [-0.2, -0.15) is 9.78 Å². The zero-order chi connectivity index (χ0) is 19.5. The van der Waals surface area contributed by atoms with Crippen LogP contribution < -0.4 is 5.73 Å². The smallest absolute Gasteiger partial charge is 0.357 e. The van der Waals surface area contributed by atoms with E-state index in [1.54, 1.807) is 18.4 Å². The average molecular weight is 390 g/mol. The van der Waals surface area contributed by atoms with Gasteiger partial charge in [0.1, 0.15) is 5.82 Å². The summed E-state index contributed by atoms with van der Waals surface area (Å²) in [6.07, 6.45) is 0. The van der Waals surface area contributed by atoms with Gasteiger partial charge in [0.15, 0.2) is 5.69 Å². The Morgan fingerprint density at radius 2 is 1.82 bits per heavy atom. The molecule has 0 bridgehead atoms. The molecule has 0 radical (unpaired) electrons. The number of anilines is 1. The first kappa shape index (κ1) is 17.9. The summed E-state index contributed by atoms with van der Waals surface area (Å²) in [5, 5.41) is 6.75. The van der Waals surface area contributed by atoms with Gasteiger partial charge in [0.05, 0.1) is 12.3 Å². The number of rotatable bonds is 5. The molecule has 0 aliphatic carbocycles. The van der Waals surface area contributed by atoms with Gasteiger partial charge in [-0.15, -0.1) is 11.3 Å². The fraction of sp³-hybridized carbons (Fsp3) is 0.0952. The van der Waals surface area contributed by atoms with E-state index in [4.69, 9.17) is 10.5 Å².